The van der Waals surface area contributed by atoms with E-state index in [-0.39, 0.29) is 17.9 Å². The highest BCUT2D eigenvalue weighted by Crippen LogP contribution is 2.42. The normalized spacial score (nSPS) is 17.5. The van der Waals surface area contributed by atoms with Crippen LogP contribution in [0.25, 0.3) is 5.69 Å². The molecule has 34 heavy (non-hydrogen) atoms. The quantitative estimate of drug-likeness (QED) is 0.327. The molecule has 0 amide bonds. The Kier molecular flexibility index (Phi) is 5.81. The van der Waals surface area contributed by atoms with Crippen molar-refractivity contribution in [3.05, 3.63) is 114 Å². The topological polar surface area (TPSA) is 59.4 Å². The molecule has 0 bridgehead atoms. The fourth-order valence-corrected chi connectivity index (χ4v) is 4.65. The van der Waals surface area contributed by atoms with Gasteiger partial charge in [0.1, 0.15) is 11.9 Å². The number of esters is 1. The van der Waals surface area contributed by atoms with Gasteiger partial charge in [0.2, 0.25) is 0 Å². The molecule has 2 aromatic heterocycles. The van der Waals surface area contributed by atoms with Crippen LogP contribution in [0.2, 0.25) is 0 Å². The van der Waals surface area contributed by atoms with Gasteiger partial charge in [-0.2, -0.15) is 0 Å². The number of anilines is 1. The molecule has 4 aromatic rings. The maximum absolute atomic E-state index is 14.9. The molecule has 170 valence electrons. The molecule has 1 aliphatic heterocycles. The molecule has 0 unspecified atom stereocenters. The number of carbonyl (C=O) groups excluding carboxylic acids is 1. The Labute approximate surface area is 201 Å². The number of carbonyl (C=O) groups is 1. The molecule has 5 rings (SSSR count). The van der Waals surface area contributed by atoms with Gasteiger partial charge in [0.25, 0.3) is 0 Å². The number of aromatic nitrogens is 2. The molecule has 0 saturated carbocycles. The molecule has 1 saturated heterocycles. The average Bonchev–Trinajstić information content (AvgIpc) is 3.49. The molecule has 1 fully saturated rings. The molecule has 1 aliphatic rings. The monoisotopic (exact) mass is 472 g/mol. The standard InChI is InChI=1S/C26H21FN4O2S/c1-33-25(32)17-11-13-18(14-12-17)30-16-6-10-22(30)24-23(20-8-4-5-15-28-20)29-26(34)31(24)21-9-3-2-7-19(21)27/h2-16,23-24H,1H3,(H,29,34)/t23-,24-/m0/s1. The fourth-order valence-electron chi connectivity index (χ4n) is 4.31. The van der Waals surface area contributed by atoms with Crippen molar-refractivity contribution in [3.8, 4) is 5.69 Å². The molecule has 3 heterocycles. The number of nitrogens with zero attached hydrogens (tertiary/aromatic N) is 3. The third-order valence-electron chi connectivity index (χ3n) is 5.86. The van der Waals surface area contributed by atoms with Crippen molar-refractivity contribution in [1.82, 2.24) is 14.9 Å². The number of methoxy groups -OCH3 is 1. The highest BCUT2D eigenvalue weighted by atomic mass is 32.1. The van der Waals surface area contributed by atoms with Crippen molar-refractivity contribution in [3.63, 3.8) is 0 Å². The van der Waals surface area contributed by atoms with Crippen molar-refractivity contribution in [1.29, 1.82) is 0 Å². The van der Waals surface area contributed by atoms with Gasteiger partial charge < -0.3 is 19.5 Å². The third-order valence-corrected chi connectivity index (χ3v) is 6.17. The van der Waals surface area contributed by atoms with Crippen LogP contribution in [-0.2, 0) is 4.74 Å². The van der Waals surface area contributed by atoms with Crippen molar-refractivity contribution in [2.24, 2.45) is 0 Å². The number of ether oxygens (including phenoxy) is 1. The second kappa shape index (κ2) is 9.07. The van der Waals surface area contributed by atoms with Gasteiger partial charge in [-0.25, -0.2) is 9.18 Å². The summed E-state index contributed by atoms with van der Waals surface area (Å²) in [6.45, 7) is 0. The maximum atomic E-state index is 14.9. The summed E-state index contributed by atoms with van der Waals surface area (Å²) in [5.41, 5.74) is 3.37. The Morgan fingerprint density at radius 3 is 2.50 bits per heavy atom. The van der Waals surface area contributed by atoms with E-state index >= 15 is 0 Å². The third kappa shape index (κ3) is 3.82. The summed E-state index contributed by atoms with van der Waals surface area (Å²) >= 11 is 5.69. The number of pyridine rings is 1. The predicted molar refractivity (Wildman–Crippen MR) is 131 cm³/mol. The van der Waals surface area contributed by atoms with Crippen LogP contribution in [0.15, 0.2) is 91.3 Å². The fraction of sp³-hybridized carbons (Fsp3) is 0.115. The van der Waals surface area contributed by atoms with Crippen LogP contribution in [0.3, 0.4) is 0 Å². The van der Waals surface area contributed by atoms with Crippen molar-refractivity contribution in [2.75, 3.05) is 12.0 Å². The Balaban J connectivity index is 1.63. The molecule has 0 radical (unpaired) electrons. The summed E-state index contributed by atoms with van der Waals surface area (Å²) in [6, 6.07) is 22.6. The lowest BCUT2D eigenvalue weighted by molar-refractivity contribution is 0.0600. The van der Waals surface area contributed by atoms with E-state index in [9.17, 15) is 9.18 Å². The first-order valence-electron chi connectivity index (χ1n) is 10.7. The van der Waals surface area contributed by atoms with Crippen LogP contribution in [0.5, 0.6) is 0 Å². The highest BCUT2D eigenvalue weighted by Gasteiger charge is 2.43. The van der Waals surface area contributed by atoms with Crippen molar-refractivity contribution in [2.45, 2.75) is 12.1 Å². The number of rotatable bonds is 5. The second-order valence-electron chi connectivity index (χ2n) is 7.79. The molecular formula is C26H21FN4O2S. The number of halogens is 1. The van der Waals surface area contributed by atoms with E-state index in [0.717, 1.165) is 17.1 Å². The summed E-state index contributed by atoms with van der Waals surface area (Å²) in [5.74, 6) is -0.760. The van der Waals surface area contributed by atoms with Crippen molar-refractivity contribution < 1.29 is 13.9 Å². The lowest BCUT2D eigenvalue weighted by Gasteiger charge is -2.29. The van der Waals surface area contributed by atoms with Crippen LogP contribution in [0.1, 0.15) is 33.8 Å². The summed E-state index contributed by atoms with van der Waals surface area (Å²) in [5, 5.41) is 3.76. The number of para-hydroxylation sites is 1. The number of benzene rings is 2. The molecule has 6 nitrogen and oxygen atoms in total. The van der Waals surface area contributed by atoms with E-state index in [1.807, 2.05) is 53.2 Å². The Hall–Kier alpha value is -4.04. The predicted octanol–water partition coefficient (Wildman–Crippen LogP) is 4.98. The maximum Gasteiger partial charge on any atom is 0.337 e. The van der Waals surface area contributed by atoms with Crippen LogP contribution < -0.4 is 10.2 Å². The molecule has 0 aliphatic carbocycles. The number of hydrogen-bond acceptors (Lipinski definition) is 4. The molecule has 2 aromatic carbocycles. The average molecular weight is 473 g/mol. The van der Waals surface area contributed by atoms with Gasteiger partial charge in [0.15, 0.2) is 5.11 Å². The Morgan fingerprint density at radius 2 is 1.79 bits per heavy atom. The molecular weight excluding hydrogens is 451 g/mol. The van der Waals surface area contributed by atoms with E-state index in [1.165, 1.54) is 13.2 Å². The lowest BCUT2D eigenvalue weighted by atomic mass is 10.0. The van der Waals surface area contributed by atoms with E-state index in [1.54, 1.807) is 41.4 Å². The Morgan fingerprint density at radius 1 is 1.03 bits per heavy atom. The smallest absolute Gasteiger partial charge is 0.337 e. The van der Waals surface area contributed by atoms with Gasteiger partial charge in [-0.1, -0.05) is 18.2 Å². The zero-order valence-corrected chi connectivity index (χ0v) is 19.1. The summed E-state index contributed by atoms with van der Waals surface area (Å²) in [4.78, 5) is 18.2. The molecule has 1 N–H and O–H groups in total. The minimum atomic E-state index is -0.398. The van der Waals surface area contributed by atoms with Crippen molar-refractivity contribution >= 4 is 29.0 Å². The zero-order valence-electron chi connectivity index (χ0n) is 18.3. The molecule has 2 atom stereocenters. The molecule has 0 spiro atoms. The SMILES string of the molecule is COC(=O)c1ccc(-n2cccc2[C@H]2[C@H](c3ccccn3)NC(=S)N2c2ccccc2F)cc1. The van der Waals surface area contributed by atoms with Crippen LogP contribution >= 0.6 is 12.2 Å². The van der Waals surface area contributed by atoms with Gasteiger partial charge in [0, 0.05) is 23.8 Å². The largest absolute Gasteiger partial charge is 0.465 e. The number of thiocarbonyl (C=S) groups is 1. The van der Waals surface area contributed by atoms with E-state index < -0.39 is 5.97 Å². The van der Waals surface area contributed by atoms with Crippen LogP contribution in [0.4, 0.5) is 10.1 Å². The van der Waals surface area contributed by atoms with Gasteiger partial charge in [-0.05, 0) is 72.9 Å². The molecule has 8 heteroatoms. The first kappa shape index (κ1) is 21.8. The van der Waals surface area contributed by atoms with Gasteiger partial charge in [0.05, 0.1) is 30.1 Å². The van der Waals surface area contributed by atoms with Gasteiger partial charge in [-0.15, -0.1) is 0 Å². The second-order valence-corrected chi connectivity index (χ2v) is 8.18. The van der Waals surface area contributed by atoms with E-state index in [2.05, 4.69) is 10.3 Å². The number of nitrogens with one attached hydrogen (secondary N) is 1. The van der Waals surface area contributed by atoms with Gasteiger partial charge in [-0.3, -0.25) is 4.98 Å². The first-order chi connectivity index (χ1) is 16.6. The van der Waals surface area contributed by atoms with E-state index in [4.69, 9.17) is 17.0 Å². The van der Waals surface area contributed by atoms with Gasteiger partial charge >= 0.3 is 5.97 Å². The first-order valence-corrected chi connectivity index (χ1v) is 11.1. The lowest BCUT2D eigenvalue weighted by Crippen LogP contribution is -2.31. The Bertz CT molecular complexity index is 1340. The summed E-state index contributed by atoms with van der Waals surface area (Å²) in [7, 11) is 1.35. The summed E-state index contributed by atoms with van der Waals surface area (Å²) < 4.78 is 21.7. The number of hydrogen-bond donors (Lipinski definition) is 1. The van der Waals surface area contributed by atoms with Crippen LogP contribution in [0, 0.1) is 5.82 Å². The summed E-state index contributed by atoms with van der Waals surface area (Å²) in [6.07, 6.45) is 3.66. The highest BCUT2D eigenvalue weighted by molar-refractivity contribution is 7.80. The van der Waals surface area contributed by atoms with Crippen LogP contribution in [-0.4, -0.2) is 27.7 Å². The van der Waals surface area contributed by atoms with E-state index in [0.29, 0.717) is 16.4 Å². The minimum absolute atomic E-state index is 0.309. The zero-order chi connectivity index (χ0) is 23.7. The minimum Gasteiger partial charge on any atom is -0.465 e.